The van der Waals surface area contributed by atoms with Gasteiger partial charge in [0.15, 0.2) is 0 Å². The van der Waals surface area contributed by atoms with E-state index < -0.39 is 35.4 Å². The van der Waals surface area contributed by atoms with Gasteiger partial charge in [-0.25, -0.2) is 14.4 Å². The predicted octanol–water partition coefficient (Wildman–Crippen LogP) is 1.83. The van der Waals surface area contributed by atoms with Crippen LogP contribution in [0.15, 0.2) is 0 Å². The molecule has 0 aliphatic carbocycles. The molecule has 0 heterocycles. The van der Waals surface area contributed by atoms with E-state index in [1.165, 1.54) is 7.05 Å². The molecule has 0 aromatic heterocycles. The van der Waals surface area contributed by atoms with Crippen LogP contribution >= 0.6 is 0 Å². The van der Waals surface area contributed by atoms with E-state index in [1.807, 2.05) is 0 Å². The summed E-state index contributed by atoms with van der Waals surface area (Å²) in [5, 5.41) is 11.3. The van der Waals surface area contributed by atoms with Crippen molar-refractivity contribution < 1.29 is 29.0 Å². The molecule has 0 bridgehead atoms. The van der Waals surface area contributed by atoms with Gasteiger partial charge >= 0.3 is 18.2 Å². The van der Waals surface area contributed by atoms with E-state index in [0.717, 1.165) is 4.90 Å². The number of amides is 2. The molecule has 2 N–H and O–H groups in total. The van der Waals surface area contributed by atoms with Gasteiger partial charge in [0.25, 0.3) is 0 Å². The number of nitrogens with one attached hydrogen (secondary N) is 1. The molecule has 22 heavy (non-hydrogen) atoms. The van der Waals surface area contributed by atoms with Gasteiger partial charge in [-0.2, -0.15) is 0 Å². The first kappa shape index (κ1) is 20.0. The van der Waals surface area contributed by atoms with E-state index in [0.29, 0.717) is 0 Å². The second-order valence-electron chi connectivity index (χ2n) is 6.90. The van der Waals surface area contributed by atoms with Gasteiger partial charge in [-0.1, -0.05) is 0 Å². The molecule has 0 fully saturated rings. The van der Waals surface area contributed by atoms with E-state index in [4.69, 9.17) is 14.6 Å². The van der Waals surface area contributed by atoms with Gasteiger partial charge in [0.05, 0.1) is 6.54 Å². The van der Waals surface area contributed by atoms with Crippen molar-refractivity contribution in [2.24, 2.45) is 0 Å². The van der Waals surface area contributed by atoms with E-state index in [9.17, 15) is 14.4 Å². The second-order valence-corrected chi connectivity index (χ2v) is 6.90. The number of rotatable bonds is 4. The molecule has 1 atom stereocenters. The summed E-state index contributed by atoms with van der Waals surface area (Å²) in [6, 6.07) is -1.30. The second kappa shape index (κ2) is 7.33. The molecule has 2 amide bonds. The quantitative estimate of drug-likeness (QED) is 0.819. The topological polar surface area (TPSA) is 105 Å². The number of carbonyl (C=O) groups is 3. The minimum Gasteiger partial charge on any atom is -0.480 e. The van der Waals surface area contributed by atoms with Crippen LogP contribution in [0, 0.1) is 0 Å². The molecule has 0 radical (unpaired) electrons. The maximum atomic E-state index is 11.8. The van der Waals surface area contributed by atoms with E-state index in [2.05, 4.69) is 5.32 Å². The van der Waals surface area contributed by atoms with E-state index in [1.54, 1.807) is 41.5 Å². The Hall–Kier alpha value is -1.99. The van der Waals surface area contributed by atoms with Crippen LogP contribution < -0.4 is 5.32 Å². The fourth-order valence-electron chi connectivity index (χ4n) is 1.32. The van der Waals surface area contributed by atoms with Gasteiger partial charge < -0.3 is 24.8 Å². The lowest BCUT2D eigenvalue weighted by atomic mass is 10.2. The zero-order valence-electron chi connectivity index (χ0n) is 14.2. The SMILES string of the molecule is CN(C[C@@H](NC(=O)OC(C)(C)C)C(=O)O)C(=O)OC(C)(C)C. The van der Waals surface area contributed by atoms with Crippen LogP contribution in [0.2, 0.25) is 0 Å². The number of ether oxygens (including phenoxy) is 2. The highest BCUT2D eigenvalue weighted by atomic mass is 16.6. The largest absolute Gasteiger partial charge is 0.480 e. The molecule has 8 heteroatoms. The third kappa shape index (κ3) is 9.04. The summed E-state index contributed by atoms with van der Waals surface area (Å²) >= 11 is 0. The van der Waals surface area contributed by atoms with Crippen LogP contribution in [0.4, 0.5) is 9.59 Å². The molecule has 0 rings (SSSR count). The van der Waals surface area contributed by atoms with E-state index >= 15 is 0 Å². The minimum absolute atomic E-state index is 0.247. The van der Waals surface area contributed by atoms with Gasteiger partial charge in [-0.3, -0.25) is 0 Å². The van der Waals surface area contributed by atoms with Crippen LogP contribution in [0.5, 0.6) is 0 Å². The highest BCUT2D eigenvalue weighted by Crippen LogP contribution is 2.10. The number of alkyl carbamates (subject to hydrolysis) is 1. The van der Waals surface area contributed by atoms with Crippen molar-refractivity contribution >= 4 is 18.2 Å². The summed E-state index contributed by atoms with van der Waals surface area (Å²) in [5.41, 5.74) is -1.44. The number of carboxylic acid groups (broad SMARTS) is 1. The first-order valence-corrected chi connectivity index (χ1v) is 6.88. The van der Waals surface area contributed by atoms with Gasteiger partial charge in [0, 0.05) is 7.05 Å². The molecule has 0 aromatic carbocycles. The number of carbonyl (C=O) groups excluding carboxylic acids is 2. The summed E-state index contributed by atoms with van der Waals surface area (Å²) in [6.45, 7) is 9.84. The zero-order chi connectivity index (χ0) is 17.7. The number of hydrogen-bond acceptors (Lipinski definition) is 5. The zero-order valence-corrected chi connectivity index (χ0v) is 14.2. The van der Waals surface area contributed by atoms with Crippen LogP contribution in [0.1, 0.15) is 41.5 Å². The summed E-state index contributed by atoms with van der Waals surface area (Å²) < 4.78 is 10.1. The van der Waals surface area contributed by atoms with Gasteiger partial charge in [0.2, 0.25) is 0 Å². The average molecular weight is 318 g/mol. The first-order valence-electron chi connectivity index (χ1n) is 6.88. The Morgan fingerprint density at radius 2 is 1.50 bits per heavy atom. The molecule has 0 aliphatic heterocycles. The Morgan fingerprint density at radius 3 is 1.86 bits per heavy atom. The molecule has 8 nitrogen and oxygen atoms in total. The van der Waals surface area contributed by atoms with Crippen molar-refractivity contribution in [3.63, 3.8) is 0 Å². The van der Waals surface area contributed by atoms with Crippen molar-refractivity contribution in [3.8, 4) is 0 Å². The van der Waals surface area contributed by atoms with Crippen LogP contribution in [-0.2, 0) is 14.3 Å². The number of nitrogens with zero attached hydrogens (tertiary/aromatic N) is 1. The fourth-order valence-corrected chi connectivity index (χ4v) is 1.32. The van der Waals surface area contributed by atoms with Gasteiger partial charge in [-0.15, -0.1) is 0 Å². The summed E-state index contributed by atoms with van der Waals surface area (Å²) in [5.74, 6) is -1.28. The van der Waals surface area contributed by atoms with Crippen molar-refractivity contribution in [2.45, 2.75) is 58.8 Å². The molecular weight excluding hydrogens is 292 g/mol. The minimum atomic E-state index is -1.30. The van der Waals surface area contributed by atoms with Crippen LogP contribution in [0.3, 0.4) is 0 Å². The first-order chi connectivity index (χ1) is 9.71. The molecule has 0 spiro atoms. The van der Waals surface area contributed by atoms with Crippen molar-refractivity contribution in [1.29, 1.82) is 0 Å². The van der Waals surface area contributed by atoms with Crippen molar-refractivity contribution in [2.75, 3.05) is 13.6 Å². The Kier molecular flexibility index (Phi) is 6.66. The molecule has 0 saturated carbocycles. The molecule has 0 saturated heterocycles. The lowest BCUT2D eigenvalue weighted by Crippen LogP contribution is -2.50. The highest BCUT2D eigenvalue weighted by molar-refractivity contribution is 5.81. The maximum absolute atomic E-state index is 11.8. The predicted molar refractivity (Wildman–Crippen MR) is 79.7 cm³/mol. The standard InChI is InChI=1S/C14H26N2O6/c1-13(2,3)21-11(19)15-9(10(17)18)8-16(7)12(20)22-14(4,5)6/h9H,8H2,1-7H3,(H,15,19)(H,17,18)/t9-/m1/s1. The molecule has 0 aliphatic rings. The molecule has 0 aromatic rings. The Morgan fingerprint density at radius 1 is 1.05 bits per heavy atom. The number of likely N-dealkylation sites (N-methyl/N-ethyl adjacent to an activating group) is 1. The Bertz CT molecular complexity index is 422. The van der Waals surface area contributed by atoms with E-state index in [-0.39, 0.29) is 6.54 Å². The third-order valence-electron chi connectivity index (χ3n) is 2.15. The fraction of sp³-hybridized carbons (Fsp3) is 0.786. The summed E-state index contributed by atoms with van der Waals surface area (Å²) in [7, 11) is 1.39. The molecule has 0 unspecified atom stereocenters. The van der Waals surface area contributed by atoms with Gasteiger partial charge in [0.1, 0.15) is 17.2 Å². The lowest BCUT2D eigenvalue weighted by Gasteiger charge is -2.27. The normalized spacial score (nSPS) is 13.0. The summed E-state index contributed by atoms with van der Waals surface area (Å²) in [6.07, 6.45) is -1.54. The Balaban J connectivity index is 4.69. The number of hydrogen-bond donors (Lipinski definition) is 2. The average Bonchev–Trinajstić information content (AvgIpc) is 2.22. The van der Waals surface area contributed by atoms with Crippen LogP contribution in [-0.4, -0.2) is 59.0 Å². The lowest BCUT2D eigenvalue weighted by molar-refractivity contribution is -0.139. The smallest absolute Gasteiger partial charge is 0.410 e. The summed E-state index contributed by atoms with van der Waals surface area (Å²) in [4.78, 5) is 35.7. The monoisotopic (exact) mass is 318 g/mol. The van der Waals surface area contributed by atoms with Crippen molar-refractivity contribution in [1.82, 2.24) is 10.2 Å². The molecule has 128 valence electrons. The molecular formula is C14H26N2O6. The number of carboxylic acids is 1. The Labute approximate surface area is 130 Å². The van der Waals surface area contributed by atoms with Gasteiger partial charge in [-0.05, 0) is 41.5 Å². The highest BCUT2D eigenvalue weighted by Gasteiger charge is 2.28. The van der Waals surface area contributed by atoms with Crippen LogP contribution in [0.25, 0.3) is 0 Å². The van der Waals surface area contributed by atoms with Crippen molar-refractivity contribution in [3.05, 3.63) is 0 Å². The maximum Gasteiger partial charge on any atom is 0.410 e. The number of aliphatic carboxylic acids is 1. The third-order valence-corrected chi connectivity index (χ3v) is 2.15.